The van der Waals surface area contributed by atoms with Crippen molar-refractivity contribution in [2.75, 3.05) is 0 Å². The highest BCUT2D eigenvalue weighted by molar-refractivity contribution is 7.17. The molecule has 0 bridgehead atoms. The Labute approximate surface area is 141 Å². The molecule has 0 aliphatic carbocycles. The Bertz CT molecular complexity index is 968. The second kappa shape index (κ2) is 6.21. The fourth-order valence-electron chi connectivity index (χ4n) is 2.79. The zero-order chi connectivity index (χ0) is 17.4. The molecule has 0 unspecified atom stereocenters. The number of aliphatic hydroxyl groups excluding tert-OH is 1. The van der Waals surface area contributed by atoms with Gasteiger partial charge in [-0.25, -0.2) is 9.78 Å². The van der Waals surface area contributed by atoms with Gasteiger partial charge in [-0.2, -0.15) is 0 Å². The van der Waals surface area contributed by atoms with Crippen LogP contribution in [0.3, 0.4) is 0 Å². The molecule has 7 nitrogen and oxygen atoms in total. The number of aliphatic hydroxyl groups is 1. The van der Waals surface area contributed by atoms with Crippen molar-refractivity contribution in [2.24, 2.45) is 0 Å². The van der Waals surface area contributed by atoms with Gasteiger partial charge in [0, 0.05) is 11.3 Å². The van der Waals surface area contributed by atoms with Crippen LogP contribution >= 0.6 is 11.3 Å². The second-order valence-corrected chi connectivity index (χ2v) is 6.48. The lowest BCUT2D eigenvalue weighted by Gasteiger charge is -2.06. The van der Waals surface area contributed by atoms with Gasteiger partial charge in [0.15, 0.2) is 0 Å². The number of esters is 1. The summed E-state index contributed by atoms with van der Waals surface area (Å²) >= 11 is 1.31. The minimum atomic E-state index is -0.679. The Morgan fingerprint density at radius 2 is 2.17 bits per heavy atom. The molecule has 0 saturated carbocycles. The van der Waals surface area contributed by atoms with Crippen LogP contribution in [-0.4, -0.2) is 26.0 Å². The highest BCUT2D eigenvalue weighted by Gasteiger charge is 2.21. The molecule has 3 rings (SSSR count). The summed E-state index contributed by atoms with van der Waals surface area (Å²) in [5, 5.41) is 11.6. The van der Waals surface area contributed by atoms with Gasteiger partial charge in [0.1, 0.15) is 22.8 Å². The number of H-pyrrole nitrogens is 2. The molecule has 3 aromatic heterocycles. The van der Waals surface area contributed by atoms with Crippen molar-refractivity contribution in [3.63, 3.8) is 0 Å². The molecule has 8 heteroatoms. The quantitative estimate of drug-likeness (QED) is 0.628. The number of nitrogens with one attached hydrogen (secondary N) is 2. The number of aryl methyl sites for hydroxylation is 1. The van der Waals surface area contributed by atoms with Crippen molar-refractivity contribution in [3.8, 4) is 0 Å². The molecule has 0 fully saturated rings. The fraction of sp³-hybridized carbons (Fsp3) is 0.312. The first-order valence-corrected chi connectivity index (χ1v) is 8.27. The molecule has 3 N–H and O–H groups in total. The third kappa shape index (κ3) is 2.85. The molecule has 1 atom stereocenters. The molecule has 0 radical (unpaired) electrons. The number of ether oxygens (including phenoxy) is 1. The third-order valence-electron chi connectivity index (χ3n) is 3.82. The van der Waals surface area contributed by atoms with Gasteiger partial charge in [0.2, 0.25) is 0 Å². The fourth-order valence-corrected chi connectivity index (χ4v) is 3.52. The number of hydrogen-bond acceptors (Lipinski definition) is 6. The maximum Gasteiger partial charge on any atom is 0.355 e. The normalized spacial score (nSPS) is 12.5. The van der Waals surface area contributed by atoms with Crippen LogP contribution in [-0.2, 0) is 11.3 Å². The van der Waals surface area contributed by atoms with Crippen LogP contribution in [0.5, 0.6) is 0 Å². The second-order valence-electron chi connectivity index (χ2n) is 5.56. The first kappa shape index (κ1) is 16.4. The number of fused-ring (bicyclic) bond motifs is 1. The number of aromatic amines is 2. The Balaban J connectivity index is 1.80. The lowest BCUT2D eigenvalue weighted by Crippen LogP contribution is -2.14. The van der Waals surface area contributed by atoms with E-state index in [1.54, 1.807) is 32.2 Å². The van der Waals surface area contributed by atoms with Crippen LogP contribution in [0.2, 0.25) is 0 Å². The molecule has 0 aliphatic heterocycles. The highest BCUT2D eigenvalue weighted by Crippen LogP contribution is 2.25. The van der Waals surface area contributed by atoms with E-state index >= 15 is 0 Å². The molecule has 126 valence electrons. The Morgan fingerprint density at radius 3 is 2.83 bits per heavy atom. The van der Waals surface area contributed by atoms with E-state index in [-0.39, 0.29) is 18.0 Å². The largest absolute Gasteiger partial charge is 0.453 e. The molecular weight excluding hydrogens is 330 g/mol. The number of carbonyl (C=O) groups excluding carboxylic acids is 1. The number of rotatable bonds is 4. The van der Waals surface area contributed by atoms with Gasteiger partial charge >= 0.3 is 5.97 Å². The third-order valence-corrected chi connectivity index (χ3v) is 4.72. The summed E-state index contributed by atoms with van der Waals surface area (Å²) in [6.45, 7) is 5.04. The van der Waals surface area contributed by atoms with Gasteiger partial charge in [-0.3, -0.25) is 4.79 Å². The molecule has 0 saturated heterocycles. The summed E-state index contributed by atoms with van der Waals surface area (Å²) < 4.78 is 5.79. The summed E-state index contributed by atoms with van der Waals surface area (Å²) in [7, 11) is 0. The van der Waals surface area contributed by atoms with Crippen LogP contribution in [0.15, 0.2) is 16.2 Å². The van der Waals surface area contributed by atoms with Crippen molar-refractivity contribution in [2.45, 2.75) is 33.5 Å². The average Bonchev–Trinajstić information content (AvgIpc) is 3.09. The standard InChI is InChI=1S/C16H17N3O4S/c1-7-12(9(3)20)8(2)17-13(7)16(22)23-6-11-18-10-4-5-24-14(10)15(21)19-11/h4-5,9,17,20H,6H2,1-3H3,(H,18,19,21)/t9-/m0/s1. The van der Waals surface area contributed by atoms with E-state index in [2.05, 4.69) is 15.0 Å². The molecule has 3 aromatic rings. The van der Waals surface area contributed by atoms with Gasteiger partial charge in [0.05, 0.1) is 11.6 Å². The van der Waals surface area contributed by atoms with Crippen LogP contribution in [0.25, 0.3) is 10.2 Å². The molecular formula is C16H17N3O4S. The van der Waals surface area contributed by atoms with Crippen LogP contribution in [0.4, 0.5) is 0 Å². The Kier molecular flexibility index (Phi) is 4.25. The van der Waals surface area contributed by atoms with Gasteiger partial charge in [-0.05, 0) is 37.8 Å². The first-order valence-electron chi connectivity index (χ1n) is 7.39. The van der Waals surface area contributed by atoms with Crippen molar-refractivity contribution < 1.29 is 14.6 Å². The highest BCUT2D eigenvalue weighted by atomic mass is 32.1. The summed E-state index contributed by atoms with van der Waals surface area (Å²) in [5.74, 6) is -0.272. The zero-order valence-corrected chi connectivity index (χ0v) is 14.3. The SMILES string of the molecule is Cc1[nH]c(C(=O)OCc2nc3ccsc3c(=O)[nH]2)c(C)c1[C@H](C)O. The van der Waals surface area contributed by atoms with E-state index < -0.39 is 12.1 Å². The van der Waals surface area contributed by atoms with Gasteiger partial charge in [-0.1, -0.05) is 0 Å². The van der Waals surface area contributed by atoms with Gasteiger partial charge in [0.25, 0.3) is 5.56 Å². The minimum absolute atomic E-state index is 0.138. The summed E-state index contributed by atoms with van der Waals surface area (Å²) in [4.78, 5) is 34.0. The van der Waals surface area contributed by atoms with E-state index in [9.17, 15) is 14.7 Å². The van der Waals surface area contributed by atoms with Crippen LogP contribution in [0.1, 0.15) is 46.2 Å². The van der Waals surface area contributed by atoms with Crippen molar-refractivity contribution in [3.05, 3.63) is 50.1 Å². The monoisotopic (exact) mass is 347 g/mol. The van der Waals surface area contributed by atoms with Crippen molar-refractivity contribution in [1.82, 2.24) is 15.0 Å². The molecule has 0 aliphatic rings. The van der Waals surface area contributed by atoms with E-state index in [0.717, 1.165) is 5.69 Å². The minimum Gasteiger partial charge on any atom is -0.453 e. The number of nitrogens with zero attached hydrogens (tertiary/aromatic N) is 1. The predicted octanol–water partition coefficient (Wildman–Crippen LogP) is 2.34. The zero-order valence-electron chi connectivity index (χ0n) is 13.5. The first-order chi connectivity index (χ1) is 11.4. The van der Waals surface area contributed by atoms with Gasteiger partial charge in [-0.15, -0.1) is 11.3 Å². The van der Waals surface area contributed by atoms with E-state index in [4.69, 9.17) is 4.74 Å². The Hall–Kier alpha value is -2.45. The number of hydrogen-bond donors (Lipinski definition) is 3. The number of thiophene rings is 1. The smallest absolute Gasteiger partial charge is 0.355 e. The summed E-state index contributed by atoms with van der Waals surface area (Å²) in [5.41, 5.74) is 2.70. The molecule has 0 amide bonds. The Morgan fingerprint density at radius 1 is 1.42 bits per heavy atom. The summed E-state index contributed by atoms with van der Waals surface area (Å²) in [6, 6.07) is 1.74. The maximum absolute atomic E-state index is 12.3. The number of carbonyl (C=O) groups is 1. The molecule has 24 heavy (non-hydrogen) atoms. The predicted molar refractivity (Wildman–Crippen MR) is 90.3 cm³/mol. The van der Waals surface area contributed by atoms with Crippen LogP contribution in [0, 0.1) is 13.8 Å². The van der Waals surface area contributed by atoms with Gasteiger partial charge < -0.3 is 19.8 Å². The lowest BCUT2D eigenvalue weighted by molar-refractivity contribution is 0.0455. The molecule has 3 heterocycles. The lowest BCUT2D eigenvalue weighted by atomic mass is 10.1. The molecule has 0 spiro atoms. The molecule has 0 aromatic carbocycles. The maximum atomic E-state index is 12.3. The topological polar surface area (TPSA) is 108 Å². The van der Waals surface area contributed by atoms with E-state index in [1.807, 2.05) is 0 Å². The van der Waals surface area contributed by atoms with E-state index in [1.165, 1.54) is 11.3 Å². The van der Waals surface area contributed by atoms with Crippen molar-refractivity contribution in [1.29, 1.82) is 0 Å². The van der Waals surface area contributed by atoms with Crippen LogP contribution < -0.4 is 5.56 Å². The van der Waals surface area contributed by atoms with E-state index in [0.29, 0.717) is 27.0 Å². The summed E-state index contributed by atoms with van der Waals surface area (Å²) in [6.07, 6.45) is -0.679. The number of aromatic nitrogens is 3. The van der Waals surface area contributed by atoms with Crippen molar-refractivity contribution >= 4 is 27.5 Å². The average molecular weight is 347 g/mol.